The first kappa shape index (κ1) is 18.4. The Bertz CT molecular complexity index is 777. The Morgan fingerprint density at radius 2 is 1.83 bits per heavy atom. The van der Waals surface area contributed by atoms with Gasteiger partial charge in [-0.05, 0) is 42.5 Å². The number of hydrogen-bond acceptors (Lipinski definition) is 4. The van der Waals surface area contributed by atoms with Crippen LogP contribution in [-0.2, 0) is 10.0 Å². The molecule has 0 aromatic heterocycles. The molecule has 128 valence electrons. The lowest BCUT2D eigenvalue weighted by Crippen LogP contribution is -2.25. The highest BCUT2D eigenvalue weighted by atomic mass is 32.2. The lowest BCUT2D eigenvalue weighted by Gasteiger charge is -2.08. The summed E-state index contributed by atoms with van der Waals surface area (Å²) in [5, 5.41) is 2.85. The van der Waals surface area contributed by atoms with Gasteiger partial charge in [0.2, 0.25) is 10.0 Å². The van der Waals surface area contributed by atoms with E-state index >= 15 is 0 Å². The van der Waals surface area contributed by atoms with E-state index < -0.39 is 10.0 Å². The van der Waals surface area contributed by atoms with Gasteiger partial charge in [0.25, 0.3) is 5.91 Å². The quantitative estimate of drug-likeness (QED) is 0.558. The molecule has 0 aliphatic heterocycles. The van der Waals surface area contributed by atoms with Crippen LogP contribution >= 0.6 is 11.8 Å². The monoisotopic (exact) mass is 364 g/mol. The van der Waals surface area contributed by atoms with Crippen LogP contribution in [0.25, 0.3) is 0 Å². The Morgan fingerprint density at radius 1 is 1.08 bits per heavy atom. The zero-order chi connectivity index (χ0) is 17.4. The van der Waals surface area contributed by atoms with Crippen LogP contribution in [0.4, 0.5) is 5.69 Å². The SMILES string of the molecule is CS(=O)(=O)Nc1cccc(C(=O)NCCCSc2ccccc2)c1. The van der Waals surface area contributed by atoms with E-state index in [1.54, 1.807) is 30.0 Å². The summed E-state index contributed by atoms with van der Waals surface area (Å²) in [4.78, 5) is 13.3. The molecule has 2 rings (SSSR count). The van der Waals surface area contributed by atoms with Crippen LogP contribution in [0.15, 0.2) is 59.5 Å². The molecule has 2 aromatic carbocycles. The molecule has 2 N–H and O–H groups in total. The molecule has 0 unspecified atom stereocenters. The maximum atomic E-state index is 12.1. The Hall–Kier alpha value is -1.99. The van der Waals surface area contributed by atoms with Crippen molar-refractivity contribution in [1.82, 2.24) is 5.32 Å². The average Bonchev–Trinajstić information content (AvgIpc) is 2.54. The van der Waals surface area contributed by atoms with Gasteiger partial charge in [-0.15, -0.1) is 11.8 Å². The molecule has 2 aromatic rings. The van der Waals surface area contributed by atoms with E-state index in [0.717, 1.165) is 18.4 Å². The second-order valence-corrected chi connectivity index (χ2v) is 8.14. The fourth-order valence-electron chi connectivity index (χ4n) is 2.02. The van der Waals surface area contributed by atoms with Crippen LogP contribution in [-0.4, -0.2) is 32.9 Å². The summed E-state index contributed by atoms with van der Waals surface area (Å²) in [6.45, 7) is 0.572. The molecule has 0 fully saturated rings. The molecule has 1 amide bonds. The van der Waals surface area contributed by atoms with Crippen molar-refractivity contribution in [2.75, 3.05) is 23.3 Å². The van der Waals surface area contributed by atoms with Crippen molar-refractivity contribution in [3.8, 4) is 0 Å². The largest absolute Gasteiger partial charge is 0.352 e. The van der Waals surface area contributed by atoms with Crippen molar-refractivity contribution in [3.63, 3.8) is 0 Å². The lowest BCUT2D eigenvalue weighted by molar-refractivity contribution is 0.0954. The van der Waals surface area contributed by atoms with E-state index in [1.807, 2.05) is 18.2 Å². The second-order valence-electron chi connectivity index (χ2n) is 5.23. The molecule has 0 spiro atoms. The fourth-order valence-corrected chi connectivity index (χ4v) is 3.45. The maximum absolute atomic E-state index is 12.1. The zero-order valence-electron chi connectivity index (χ0n) is 13.4. The summed E-state index contributed by atoms with van der Waals surface area (Å²) in [5.41, 5.74) is 0.809. The molecule has 0 heterocycles. The molecule has 0 saturated carbocycles. The number of carbonyl (C=O) groups excluding carboxylic acids is 1. The minimum absolute atomic E-state index is 0.211. The van der Waals surface area contributed by atoms with E-state index in [-0.39, 0.29) is 5.91 Å². The number of amides is 1. The van der Waals surface area contributed by atoms with Gasteiger partial charge < -0.3 is 5.32 Å². The molecule has 0 bridgehead atoms. The standard InChI is InChI=1S/C17H20N2O3S2/c1-24(21,22)19-15-8-5-7-14(13-15)17(20)18-11-6-12-23-16-9-3-2-4-10-16/h2-5,7-10,13,19H,6,11-12H2,1H3,(H,18,20). The summed E-state index contributed by atoms with van der Waals surface area (Å²) < 4.78 is 24.8. The van der Waals surface area contributed by atoms with Crippen LogP contribution in [0.5, 0.6) is 0 Å². The van der Waals surface area contributed by atoms with Crippen LogP contribution in [0.2, 0.25) is 0 Å². The molecule has 0 aliphatic carbocycles. The molecule has 5 nitrogen and oxygen atoms in total. The molecule has 24 heavy (non-hydrogen) atoms. The third kappa shape index (κ3) is 6.64. The Kier molecular flexibility index (Phi) is 6.69. The minimum atomic E-state index is -3.35. The molecule has 7 heteroatoms. The first-order chi connectivity index (χ1) is 11.4. The molecule has 0 aliphatic rings. The van der Waals surface area contributed by atoms with Gasteiger partial charge in [-0.2, -0.15) is 0 Å². The number of sulfonamides is 1. The van der Waals surface area contributed by atoms with Crippen molar-refractivity contribution in [2.45, 2.75) is 11.3 Å². The fraction of sp³-hybridized carbons (Fsp3) is 0.235. The van der Waals surface area contributed by atoms with Crippen molar-refractivity contribution in [3.05, 3.63) is 60.2 Å². The molecular weight excluding hydrogens is 344 g/mol. The number of carbonyl (C=O) groups is 1. The van der Waals surface area contributed by atoms with Gasteiger partial charge in [0.15, 0.2) is 0 Å². The van der Waals surface area contributed by atoms with Gasteiger partial charge in [0, 0.05) is 22.7 Å². The van der Waals surface area contributed by atoms with Crippen molar-refractivity contribution in [2.24, 2.45) is 0 Å². The normalized spacial score (nSPS) is 11.0. The predicted octanol–water partition coefficient (Wildman–Crippen LogP) is 2.97. The number of thioether (sulfide) groups is 1. The third-order valence-corrected chi connectivity index (χ3v) is 4.75. The topological polar surface area (TPSA) is 75.3 Å². The van der Waals surface area contributed by atoms with Gasteiger partial charge in [-0.25, -0.2) is 8.42 Å². The minimum Gasteiger partial charge on any atom is -0.352 e. The van der Waals surface area contributed by atoms with Gasteiger partial charge in [0.05, 0.1) is 6.26 Å². The number of nitrogens with one attached hydrogen (secondary N) is 2. The maximum Gasteiger partial charge on any atom is 0.251 e. The Balaban J connectivity index is 1.77. The summed E-state index contributed by atoms with van der Waals surface area (Å²) >= 11 is 1.75. The van der Waals surface area contributed by atoms with E-state index in [4.69, 9.17) is 0 Å². The summed E-state index contributed by atoms with van der Waals surface area (Å²) in [6.07, 6.45) is 1.93. The smallest absolute Gasteiger partial charge is 0.251 e. The van der Waals surface area contributed by atoms with Crippen LogP contribution in [0, 0.1) is 0 Å². The van der Waals surface area contributed by atoms with Crippen LogP contribution < -0.4 is 10.0 Å². The van der Waals surface area contributed by atoms with Crippen molar-refractivity contribution < 1.29 is 13.2 Å². The highest BCUT2D eigenvalue weighted by Crippen LogP contribution is 2.17. The van der Waals surface area contributed by atoms with Crippen LogP contribution in [0.1, 0.15) is 16.8 Å². The number of anilines is 1. The highest BCUT2D eigenvalue weighted by molar-refractivity contribution is 7.99. The zero-order valence-corrected chi connectivity index (χ0v) is 15.0. The van der Waals surface area contributed by atoms with E-state index in [0.29, 0.717) is 17.8 Å². The first-order valence-corrected chi connectivity index (χ1v) is 10.4. The van der Waals surface area contributed by atoms with Gasteiger partial charge in [0.1, 0.15) is 0 Å². The van der Waals surface area contributed by atoms with E-state index in [2.05, 4.69) is 22.2 Å². The summed E-state index contributed by atoms with van der Waals surface area (Å²) in [7, 11) is -3.35. The highest BCUT2D eigenvalue weighted by Gasteiger charge is 2.07. The molecule has 0 radical (unpaired) electrons. The third-order valence-electron chi connectivity index (χ3n) is 3.05. The average molecular weight is 364 g/mol. The van der Waals surface area contributed by atoms with Crippen molar-refractivity contribution in [1.29, 1.82) is 0 Å². The van der Waals surface area contributed by atoms with Crippen LogP contribution in [0.3, 0.4) is 0 Å². The van der Waals surface area contributed by atoms with E-state index in [9.17, 15) is 13.2 Å². The summed E-state index contributed by atoms with van der Waals surface area (Å²) in [6, 6.07) is 16.5. The predicted molar refractivity (Wildman–Crippen MR) is 99.0 cm³/mol. The lowest BCUT2D eigenvalue weighted by atomic mass is 10.2. The number of hydrogen-bond donors (Lipinski definition) is 2. The van der Waals surface area contributed by atoms with Gasteiger partial charge in [-0.1, -0.05) is 24.3 Å². The van der Waals surface area contributed by atoms with Crippen molar-refractivity contribution >= 4 is 33.4 Å². The number of rotatable bonds is 8. The van der Waals surface area contributed by atoms with E-state index in [1.165, 1.54) is 11.0 Å². The molecule has 0 atom stereocenters. The Morgan fingerprint density at radius 3 is 2.54 bits per heavy atom. The Labute approximate surface area is 146 Å². The van der Waals surface area contributed by atoms with Gasteiger partial charge in [-0.3, -0.25) is 9.52 Å². The second kappa shape index (κ2) is 8.75. The molecule has 0 saturated heterocycles. The van der Waals surface area contributed by atoms with Gasteiger partial charge >= 0.3 is 0 Å². The summed E-state index contributed by atoms with van der Waals surface area (Å²) in [5.74, 6) is 0.705. The first-order valence-electron chi connectivity index (χ1n) is 7.48. The molecular formula is C17H20N2O3S2. The number of benzene rings is 2.